The Morgan fingerprint density at radius 1 is 1.05 bits per heavy atom. The molecule has 0 bridgehead atoms. The zero-order chi connectivity index (χ0) is 13.1. The van der Waals surface area contributed by atoms with Crippen molar-refractivity contribution in [3.8, 4) is 11.6 Å². The number of pyridine rings is 1. The molecule has 0 spiro atoms. The van der Waals surface area contributed by atoms with Crippen molar-refractivity contribution in [2.75, 3.05) is 5.43 Å². The number of ether oxygens (including phenoxy) is 1. The van der Waals surface area contributed by atoms with E-state index in [1.165, 1.54) is 0 Å². The number of rotatable bonds is 3. The van der Waals surface area contributed by atoms with E-state index in [1.807, 2.05) is 24.3 Å². The summed E-state index contributed by atoms with van der Waals surface area (Å²) in [6.45, 7) is 0. The molecule has 0 unspecified atom stereocenters. The molecule has 0 aliphatic rings. The van der Waals surface area contributed by atoms with Crippen LogP contribution in [0.5, 0.6) is 11.6 Å². The van der Waals surface area contributed by atoms with Crippen LogP contribution in [-0.2, 0) is 0 Å². The van der Waals surface area contributed by atoms with E-state index in [1.54, 1.807) is 24.5 Å². The lowest BCUT2D eigenvalue weighted by atomic mass is 10.2. The third-order valence-corrected chi connectivity index (χ3v) is 2.55. The maximum Gasteiger partial charge on any atom is 0.241 e. The summed E-state index contributed by atoms with van der Waals surface area (Å²) >= 11 is 0. The van der Waals surface area contributed by atoms with Crippen molar-refractivity contribution in [2.45, 2.75) is 0 Å². The highest BCUT2D eigenvalue weighted by atomic mass is 16.5. The van der Waals surface area contributed by atoms with Gasteiger partial charge in [0, 0.05) is 6.20 Å². The lowest BCUT2D eigenvalue weighted by Crippen LogP contribution is -2.11. The van der Waals surface area contributed by atoms with E-state index in [-0.39, 0.29) is 0 Å². The Morgan fingerprint density at radius 2 is 1.95 bits per heavy atom. The first-order valence-corrected chi connectivity index (χ1v) is 5.68. The number of anilines is 1. The monoisotopic (exact) mass is 253 g/mol. The summed E-state index contributed by atoms with van der Waals surface area (Å²) in [7, 11) is 0. The van der Waals surface area contributed by atoms with E-state index >= 15 is 0 Å². The number of fused-ring (bicyclic) bond motifs is 1. The molecule has 0 aliphatic carbocycles. The van der Waals surface area contributed by atoms with Gasteiger partial charge in [-0.1, -0.05) is 12.1 Å². The largest absolute Gasteiger partial charge is 0.437 e. The van der Waals surface area contributed by atoms with Crippen molar-refractivity contribution in [1.29, 1.82) is 0 Å². The molecule has 0 saturated heterocycles. The molecule has 2 aromatic heterocycles. The molecule has 0 radical (unpaired) electrons. The maximum atomic E-state index is 5.72. The van der Waals surface area contributed by atoms with E-state index < -0.39 is 0 Å². The third-order valence-electron chi connectivity index (χ3n) is 2.55. The lowest BCUT2D eigenvalue weighted by molar-refractivity contribution is 0.466. The minimum Gasteiger partial charge on any atom is -0.437 e. The molecule has 19 heavy (non-hydrogen) atoms. The first-order chi connectivity index (χ1) is 9.36. The van der Waals surface area contributed by atoms with Gasteiger partial charge in [-0.05, 0) is 24.3 Å². The lowest BCUT2D eigenvalue weighted by Gasteiger charge is -2.08. The Kier molecular flexibility index (Phi) is 2.91. The number of nitrogen functional groups attached to an aromatic ring is 1. The number of aromatic nitrogens is 3. The Hall–Kier alpha value is -2.73. The van der Waals surface area contributed by atoms with Crippen LogP contribution in [0.3, 0.4) is 0 Å². The van der Waals surface area contributed by atoms with E-state index in [2.05, 4.69) is 20.4 Å². The quantitative estimate of drug-likeness (QED) is 0.549. The van der Waals surface area contributed by atoms with E-state index in [0.29, 0.717) is 17.6 Å². The van der Waals surface area contributed by atoms with Crippen LogP contribution in [0.4, 0.5) is 5.95 Å². The summed E-state index contributed by atoms with van der Waals surface area (Å²) in [5.41, 5.74) is 3.18. The van der Waals surface area contributed by atoms with Gasteiger partial charge in [0.2, 0.25) is 11.8 Å². The molecule has 94 valence electrons. The summed E-state index contributed by atoms with van der Waals surface area (Å²) in [6, 6.07) is 11.1. The predicted octanol–water partition coefficient (Wildman–Crippen LogP) is 2.10. The molecule has 3 rings (SSSR count). The molecule has 3 aromatic rings. The number of hydrogen-bond donors (Lipinski definition) is 2. The van der Waals surface area contributed by atoms with Gasteiger partial charge in [-0.25, -0.2) is 10.8 Å². The molecular weight excluding hydrogens is 242 g/mol. The van der Waals surface area contributed by atoms with Crippen molar-refractivity contribution in [3.05, 3.63) is 48.8 Å². The van der Waals surface area contributed by atoms with Crippen molar-refractivity contribution in [1.82, 2.24) is 15.0 Å². The minimum atomic E-state index is 0.303. The minimum absolute atomic E-state index is 0.303. The van der Waals surface area contributed by atoms with Gasteiger partial charge in [-0.3, -0.25) is 10.4 Å². The highest BCUT2D eigenvalue weighted by molar-refractivity contribution is 5.84. The SMILES string of the molecule is NNc1nc(Oc2cccnc2)c2ccccc2n1. The van der Waals surface area contributed by atoms with Gasteiger partial charge in [-0.2, -0.15) is 4.98 Å². The highest BCUT2D eigenvalue weighted by Crippen LogP contribution is 2.27. The average Bonchev–Trinajstić information content (AvgIpc) is 2.48. The van der Waals surface area contributed by atoms with Crippen LogP contribution < -0.4 is 16.0 Å². The number of nitrogens with two attached hydrogens (primary N) is 1. The summed E-state index contributed by atoms with van der Waals surface area (Å²) in [5.74, 6) is 6.71. The molecule has 3 N–H and O–H groups in total. The van der Waals surface area contributed by atoms with Gasteiger partial charge < -0.3 is 4.74 Å². The second-order valence-electron chi connectivity index (χ2n) is 3.80. The first-order valence-electron chi connectivity index (χ1n) is 5.68. The smallest absolute Gasteiger partial charge is 0.241 e. The third kappa shape index (κ3) is 2.29. The summed E-state index contributed by atoms with van der Waals surface area (Å²) < 4.78 is 5.72. The molecule has 0 aliphatic heterocycles. The van der Waals surface area contributed by atoms with E-state index in [4.69, 9.17) is 10.6 Å². The summed E-state index contributed by atoms with van der Waals surface area (Å²) in [6.07, 6.45) is 3.30. The van der Waals surface area contributed by atoms with Crippen LogP contribution in [0.2, 0.25) is 0 Å². The number of nitrogens with zero attached hydrogens (tertiary/aromatic N) is 3. The van der Waals surface area contributed by atoms with Crippen LogP contribution in [-0.4, -0.2) is 15.0 Å². The molecule has 6 nitrogen and oxygen atoms in total. The molecule has 0 fully saturated rings. The molecule has 0 amide bonds. The van der Waals surface area contributed by atoms with Crippen molar-refractivity contribution in [3.63, 3.8) is 0 Å². The fourth-order valence-corrected chi connectivity index (χ4v) is 1.71. The van der Waals surface area contributed by atoms with Gasteiger partial charge in [0.15, 0.2) is 0 Å². The van der Waals surface area contributed by atoms with E-state index in [0.717, 1.165) is 10.9 Å². The fraction of sp³-hybridized carbons (Fsp3) is 0. The van der Waals surface area contributed by atoms with Crippen molar-refractivity contribution >= 4 is 16.9 Å². The Balaban J connectivity index is 2.11. The highest BCUT2D eigenvalue weighted by Gasteiger charge is 2.08. The second kappa shape index (κ2) is 4.87. The van der Waals surface area contributed by atoms with E-state index in [9.17, 15) is 0 Å². The molecule has 0 saturated carbocycles. The summed E-state index contributed by atoms with van der Waals surface area (Å²) in [4.78, 5) is 12.5. The number of hydrazine groups is 1. The molecular formula is C13H11N5O. The summed E-state index contributed by atoms with van der Waals surface area (Å²) in [5, 5.41) is 0.811. The Bertz CT molecular complexity index is 702. The predicted molar refractivity (Wildman–Crippen MR) is 71.7 cm³/mol. The Morgan fingerprint density at radius 3 is 2.74 bits per heavy atom. The van der Waals surface area contributed by atoms with Crippen LogP contribution in [0.15, 0.2) is 48.8 Å². The molecule has 1 aromatic carbocycles. The number of para-hydroxylation sites is 1. The Labute approximate surface area is 109 Å². The molecule has 2 heterocycles. The standard InChI is InChI=1S/C13H11N5O/c14-18-13-16-11-6-2-1-5-10(11)12(17-13)19-9-4-3-7-15-8-9/h1-8H,14H2,(H,16,17,18). The maximum absolute atomic E-state index is 5.72. The van der Waals surface area contributed by atoms with Gasteiger partial charge in [0.25, 0.3) is 0 Å². The van der Waals surface area contributed by atoms with Gasteiger partial charge in [-0.15, -0.1) is 0 Å². The topological polar surface area (TPSA) is 86.0 Å². The van der Waals surface area contributed by atoms with Gasteiger partial charge in [0.1, 0.15) is 5.75 Å². The van der Waals surface area contributed by atoms with Crippen LogP contribution in [0.1, 0.15) is 0 Å². The van der Waals surface area contributed by atoms with Crippen LogP contribution in [0, 0.1) is 0 Å². The number of benzene rings is 1. The zero-order valence-electron chi connectivity index (χ0n) is 9.95. The number of hydrogen-bond acceptors (Lipinski definition) is 6. The van der Waals surface area contributed by atoms with Crippen LogP contribution in [0.25, 0.3) is 10.9 Å². The van der Waals surface area contributed by atoms with Crippen molar-refractivity contribution < 1.29 is 4.74 Å². The van der Waals surface area contributed by atoms with Crippen molar-refractivity contribution in [2.24, 2.45) is 5.84 Å². The van der Waals surface area contributed by atoms with Gasteiger partial charge >= 0.3 is 0 Å². The van der Waals surface area contributed by atoms with Gasteiger partial charge in [0.05, 0.1) is 17.1 Å². The first kappa shape index (κ1) is 11.4. The molecule has 0 atom stereocenters. The molecule has 6 heteroatoms. The number of nitrogens with one attached hydrogen (secondary N) is 1. The normalized spacial score (nSPS) is 10.4. The second-order valence-corrected chi connectivity index (χ2v) is 3.80. The zero-order valence-corrected chi connectivity index (χ0v) is 9.95. The fourth-order valence-electron chi connectivity index (χ4n) is 1.71. The van der Waals surface area contributed by atoms with Crippen LogP contribution >= 0.6 is 0 Å². The average molecular weight is 253 g/mol.